The largest absolute Gasteiger partial charge is 0.493 e. The van der Waals surface area contributed by atoms with E-state index < -0.39 is 0 Å². The predicted octanol–water partition coefficient (Wildman–Crippen LogP) is 4.15. The first kappa shape index (κ1) is 21.9. The number of fused-ring (bicyclic) bond motifs is 1. The van der Waals surface area contributed by atoms with Gasteiger partial charge < -0.3 is 14.6 Å². The van der Waals surface area contributed by atoms with Crippen LogP contribution < -0.4 is 15.6 Å². The molecule has 2 aromatic carbocycles. The molecule has 6 nitrogen and oxygen atoms in total. The maximum Gasteiger partial charge on any atom is 0.279 e. The molecule has 1 aromatic heterocycles. The van der Waals surface area contributed by atoms with Gasteiger partial charge in [-0.05, 0) is 23.3 Å². The van der Waals surface area contributed by atoms with Crippen molar-refractivity contribution < 1.29 is 9.53 Å². The van der Waals surface area contributed by atoms with Crippen LogP contribution in [0.3, 0.4) is 0 Å². The van der Waals surface area contributed by atoms with Crippen LogP contribution >= 0.6 is 11.8 Å². The molecule has 1 aliphatic rings. The van der Waals surface area contributed by atoms with Gasteiger partial charge in [-0.3, -0.25) is 9.59 Å². The van der Waals surface area contributed by atoms with E-state index in [0.717, 1.165) is 17.7 Å². The Kier molecular flexibility index (Phi) is 6.75. The Hall–Kier alpha value is -3.32. The molecule has 0 saturated heterocycles. The maximum absolute atomic E-state index is 12.9. The van der Waals surface area contributed by atoms with E-state index in [-0.39, 0.29) is 23.8 Å². The molecule has 164 valence electrons. The summed E-state index contributed by atoms with van der Waals surface area (Å²) in [7, 11) is 1.81. The number of carbonyl (C=O) groups is 1. The van der Waals surface area contributed by atoms with Gasteiger partial charge in [0.1, 0.15) is 11.6 Å². The summed E-state index contributed by atoms with van der Waals surface area (Å²) in [6.45, 7) is 4.28. The van der Waals surface area contributed by atoms with Crippen molar-refractivity contribution in [2.45, 2.75) is 23.9 Å². The van der Waals surface area contributed by atoms with Gasteiger partial charge in [0.15, 0.2) is 5.16 Å². The lowest BCUT2D eigenvalue weighted by Crippen LogP contribution is -2.33. The monoisotopic (exact) mass is 447 g/mol. The van der Waals surface area contributed by atoms with Crippen LogP contribution in [0.15, 0.2) is 77.2 Å². The van der Waals surface area contributed by atoms with Crippen LogP contribution in [0.25, 0.3) is 0 Å². The van der Waals surface area contributed by atoms with Crippen molar-refractivity contribution in [2.24, 2.45) is 7.05 Å². The first-order valence-corrected chi connectivity index (χ1v) is 11.5. The van der Waals surface area contributed by atoms with Crippen LogP contribution in [0, 0.1) is 0 Å². The highest BCUT2D eigenvalue weighted by Crippen LogP contribution is 2.36. The van der Waals surface area contributed by atoms with E-state index in [9.17, 15) is 9.59 Å². The molecule has 0 bridgehead atoms. The molecule has 1 atom stereocenters. The Morgan fingerprint density at radius 1 is 1.19 bits per heavy atom. The minimum atomic E-state index is -0.346. The number of hydrogen-bond acceptors (Lipinski definition) is 5. The number of rotatable bonds is 8. The molecule has 4 rings (SSSR count). The van der Waals surface area contributed by atoms with Crippen molar-refractivity contribution in [3.05, 3.63) is 94.3 Å². The Bertz CT molecular complexity index is 1170. The molecule has 0 fully saturated rings. The van der Waals surface area contributed by atoms with Gasteiger partial charge in [-0.1, -0.05) is 60.3 Å². The highest BCUT2D eigenvalue weighted by Gasteiger charge is 2.32. The average Bonchev–Trinajstić information content (AvgIpc) is 2.81. The average molecular weight is 448 g/mol. The summed E-state index contributed by atoms with van der Waals surface area (Å²) < 4.78 is 7.64. The first-order chi connectivity index (χ1) is 15.6. The summed E-state index contributed by atoms with van der Waals surface area (Å²) in [6, 6.07) is 17.8. The minimum absolute atomic E-state index is 0.119. The molecule has 1 aliphatic heterocycles. The summed E-state index contributed by atoms with van der Waals surface area (Å²) >= 11 is 1.41. The molecule has 0 aliphatic carbocycles. The van der Waals surface area contributed by atoms with Gasteiger partial charge in [-0.2, -0.15) is 4.98 Å². The van der Waals surface area contributed by atoms with Crippen LogP contribution in [0.5, 0.6) is 5.75 Å². The van der Waals surface area contributed by atoms with Crippen molar-refractivity contribution in [3.8, 4) is 5.75 Å². The third kappa shape index (κ3) is 4.78. The zero-order chi connectivity index (χ0) is 22.5. The Morgan fingerprint density at radius 2 is 1.94 bits per heavy atom. The molecule has 3 aromatic rings. The minimum Gasteiger partial charge on any atom is -0.493 e. The number of nitrogens with one attached hydrogen (secondary N) is 1. The molecule has 1 N–H and O–H groups in total. The number of carbonyl (C=O) groups excluding carboxylic acids is 1. The maximum atomic E-state index is 12.9. The SMILES string of the molecule is C=CCSc1nc(=O)c2c(n1C)NC(=O)CC2c1ccc(OCCc2ccccc2)cc1. The van der Waals surface area contributed by atoms with Gasteiger partial charge in [-0.25, -0.2) is 0 Å². The number of aromatic nitrogens is 2. The smallest absolute Gasteiger partial charge is 0.279 e. The first-order valence-electron chi connectivity index (χ1n) is 10.5. The number of anilines is 1. The van der Waals surface area contributed by atoms with E-state index in [1.807, 2.05) is 49.5 Å². The van der Waals surface area contributed by atoms with E-state index in [1.165, 1.54) is 17.3 Å². The second-order valence-corrected chi connectivity index (χ2v) is 8.57. The van der Waals surface area contributed by atoms with E-state index >= 15 is 0 Å². The van der Waals surface area contributed by atoms with Crippen LogP contribution in [-0.2, 0) is 18.3 Å². The Labute approximate surface area is 191 Å². The topological polar surface area (TPSA) is 73.2 Å². The standard InChI is InChI=1S/C25H25N3O3S/c1-3-15-32-25-27-24(30)22-20(16-21(29)26-23(22)28(25)2)18-9-11-19(12-10-18)31-14-13-17-7-5-4-6-8-17/h3-12,20H,1,13-16H2,2H3,(H,26,29). The van der Waals surface area contributed by atoms with Crippen LogP contribution in [0.2, 0.25) is 0 Å². The molecular weight excluding hydrogens is 422 g/mol. The molecule has 0 radical (unpaired) electrons. The van der Waals surface area contributed by atoms with Gasteiger partial charge in [0.2, 0.25) is 5.91 Å². The van der Waals surface area contributed by atoms with Crippen LogP contribution in [0.1, 0.15) is 29.0 Å². The van der Waals surface area contributed by atoms with Gasteiger partial charge >= 0.3 is 0 Å². The molecule has 2 heterocycles. The summed E-state index contributed by atoms with van der Waals surface area (Å²) in [5, 5.41) is 3.41. The quantitative estimate of drug-likeness (QED) is 0.319. The molecule has 32 heavy (non-hydrogen) atoms. The van der Waals surface area contributed by atoms with Crippen LogP contribution in [-0.4, -0.2) is 27.8 Å². The van der Waals surface area contributed by atoms with Crippen molar-refractivity contribution in [3.63, 3.8) is 0 Å². The summed E-state index contributed by atoms with van der Waals surface area (Å²) in [5.74, 6) is 1.43. The van der Waals surface area contributed by atoms with Gasteiger partial charge in [0.25, 0.3) is 5.56 Å². The zero-order valence-electron chi connectivity index (χ0n) is 17.9. The molecule has 1 amide bonds. The number of hydrogen-bond donors (Lipinski definition) is 1. The second-order valence-electron chi connectivity index (χ2n) is 7.58. The number of ether oxygens (including phenoxy) is 1. The summed E-state index contributed by atoms with van der Waals surface area (Å²) in [5.41, 5.74) is 2.33. The molecule has 0 spiro atoms. The van der Waals surface area contributed by atoms with Crippen molar-refractivity contribution in [2.75, 3.05) is 17.7 Å². The number of amides is 1. The summed E-state index contributed by atoms with van der Waals surface area (Å²) in [6.07, 6.45) is 2.78. The lowest BCUT2D eigenvalue weighted by molar-refractivity contribution is -0.116. The van der Waals surface area contributed by atoms with Gasteiger partial charge in [0.05, 0.1) is 12.2 Å². The van der Waals surface area contributed by atoms with Crippen molar-refractivity contribution >= 4 is 23.5 Å². The van der Waals surface area contributed by atoms with Crippen molar-refractivity contribution in [1.29, 1.82) is 0 Å². The van der Waals surface area contributed by atoms with Gasteiger partial charge in [0, 0.05) is 31.6 Å². The van der Waals surface area contributed by atoms with Gasteiger partial charge in [-0.15, -0.1) is 6.58 Å². The lowest BCUT2D eigenvalue weighted by atomic mass is 9.87. The highest BCUT2D eigenvalue weighted by atomic mass is 32.2. The molecule has 0 saturated carbocycles. The lowest BCUT2D eigenvalue weighted by Gasteiger charge is -2.27. The van der Waals surface area contributed by atoms with Crippen molar-refractivity contribution in [1.82, 2.24) is 9.55 Å². The van der Waals surface area contributed by atoms with E-state index in [2.05, 4.69) is 29.0 Å². The summed E-state index contributed by atoms with van der Waals surface area (Å²) in [4.78, 5) is 29.6. The predicted molar refractivity (Wildman–Crippen MR) is 128 cm³/mol. The third-order valence-corrected chi connectivity index (χ3v) is 6.44. The Balaban J connectivity index is 1.54. The molecule has 7 heteroatoms. The fourth-order valence-corrected chi connectivity index (χ4v) is 4.51. The van der Waals surface area contributed by atoms with E-state index in [1.54, 1.807) is 10.6 Å². The number of thioether (sulfide) groups is 1. The number of benzene rings is 2. The Morgan fingerprint density at radius 3 is 2.66 bits per heavy atom. The third-order valence-electron chi connectivity index (χ3n) is 5.42. The number of nitrogens with zero attached hydrogens (tertiary/aromatic N) is 2. The molecular formula is C25H25N3O3S. The van der Waals surface area contributed by atoms with Crippen LogP contribution in [0.4, 0.5) is 5.82 Å². The highest BCUT2D eigenvalue weighted by molar-refractivity contribution is 7.99. The normalized spacial score (nSPS) is 15.0. The zero-order valence-corrected chi connectivity index (χ0v) is 18.7. The molecule has 1 unspecified atom stereocenters. The van der Waals surface area contributed by atoms with E-state index in [4.69, 9.17) is 4.74 Å². The van der Waals surface area contributed by atoms with E-state index in [0.29, 0.717) is 28.9 Å². The fraction of sp³-hybridized carbons (Fsp3) is 0.240. The second kappa shape index (κ2) is 9.87. The fourth-order valence-electron chi connectivity index (χ4n) is 3.81.